The first-order valence-corrected chi connectivity index (χ1v) is 6.23. The van der Waals surface area contributed by atoms with Gasteiger partial charge < -0.3 is 10.6 Å². The molecule has 0 saturated carbocycles. The van der Waals surface area contributed by atoms with Crippen LogP contribution in [0.25, 0.3) is 0 Å². The van der Waals surface area contributed by atoms with Gasteiger partial charge in [-0.1, -0.05) is 26.7 Å². The maximum Gasteiger partial charge on any atom is 0.239 e. The van der Waals surface area contributed by atoms with E-state index in [-0.39, 0.29) is 11.9 Å². The third-order valence-corrected chi connectivity index (χ3v) is 3.21. The quantitative estimate of drug-likeness (QED) is 0.755. The number of carbonyl (C=O) groups excluding carboxylic acids is 1. The van der Waals surface area contributed by atoms with E-state index in [0.29, 0.717) is 5.92 Å². The van der Waals surface area contributed by atoms with Crippen LogP contribution in [0.2, 0.25) is 0 Å². The Hall–Kier alpha value is -0.570. The molecule has 1 aliphatic heterocycles. The Balaban J connectivity index is 2.35. The van der Waals surface area contributed by atoms with Crippen molar-refractivity contribution in [1.29, 1.82) is 0 Å². The van der Waals surface area contributed by atoms with Gasteiger partial charge in [0.1, 0.15) is 0 Å². The van der Waals surface area contributed by atoms with Crippen LogP contribution in [0.3, 0.4) is 0 Å². The number of hydrogen-bond donors (Lipinski definition) is 1. The molecule has 0 bridgehead atoms. The number of likely N-dealkylation sites (tertiary alicyclic amines) is 1. The summed E-state index contributed by atoms with van der Waals surface area (Å²) >= 11 is 0. The van der Waals surface area contributed by atoms with Crippen LogP contribution < -0.4 is 5.73 Å². The van der Waals surface area contributed by atoms with Gasteiger partial charge in [-0.3, -0.25) is 4.79 Å². The molecule has 3 nitrogen and oxygen atoms in total. The first-order chi connectivity index (χ1) is 7.19. The highest BCUT2D eigenvalue weighted by atomic mass is 16.2. The summed E-state index contributed by atoms with van der Waals surface area (Å²) in [4.78, 5) is 13.8. The predicted octanol–water partition coefficient (Wildman–Crippen LogP) is 1.76. The second kappa shape index (κ2) is 6.11. The van der Waals surface area contributed by atoms with Gasteiger partial charge in [-0.25, -0.2) is 0 Å². The molecule has 2 N–H and O–H groups in total. The summed E-state index contributed by atoms with van der Waals surface area (Å²) in [6.45, 7) is 6.12. The Morgan fingerprint density at radius 3 is 2.80 bits per heavy atom. The molecule has 0 radical (unpaired) electrons. The van der Waals surface area contributed by atoms with Crippen molar-refractivity contribution in [1.82, 2.24) is 4.90 Å². The minimum absolute atomic E-state index is 0.162. The highest BCUT2D eigenvalue weighted by molar-refractivity contribution is 5.81. The number of rotatable bonds is 5. The normalized spacial score (nSPS) is 23.1. The molecule has 88 valence electrons. The summed E-state index contributed by atoms with van der Waals surface area (Å²) in [5.74, 6) is 0.878. The van der Waals surface area contributed by atoms with Gasteiger partial charge in [0.25, 0.3) is 0 Å². The van der Waals surface area contributed by atoms with Crippen LogP contribution in [0.5, 0.6) is 0 Å². The van der Waals surface area contributed by atoms with Gasteiger partial charge in [0, 0.05) is 13.1 Å². The molecule has 0 spiro atoms. The molecule has 1 heterocycles. The van der Waals surface area contributed by atoms with Gasteiger partial charge >= 0.3 is 0 Å². The summed E-state index contributed by atoms with van der Waals surface area (Å²) in [6, 6.07) is -0.268. The first kappa shape index (κ1) is 12.5. The summed E-state index contributed by atoms with van der Waals surface area (Å²) < 4.78 is 0. The summed E-state index contributed by atoms with van der Waals surface area (Å²) in [5, 5.41) is 0. The predicted molar refractivity (Wildman–Crippen MR) is 62.5 cm³/mol. The largest absolute Gasteiger partial charge is 0.341 e. The Labute approximate surface area is 93.0 Å². The molecular formula is C12H24N2O. The van der Waals surface area contributed by atoms with Crippen LogP contribution in [0.15, 0.2) is 0 Å². The molecule has 0 aromatic heterocycles. The zero-order valence-electron chi connectivity index (χ0n) is 10.0. The highest BCUT2D eigenvalue weighted by Gasteiger charge is 2.28. The fourth-order valence-electron chi connectivity index (χ4n) is 2.35. The zero-order valence-corrected chi connectivity index (χ0v) is 10.0. The van der Waals surface area contributed by atoms with Crippen molar-refractivity contribution in [2.24, 2.45) is 11.7 Å². The van der Waals surface area contributed by atoms with Gasteiger partial charge in [-0.05, 0) is 25.2 Å². The van der Waals surface area contributed by atoms with E-state index in [1.165, 1.54) is 19.3 Å². The average Bonchev–Trinajstić information content (AvgIpc) is 2.66. The van der Waals surface area contributed by atoms with Crippen LogP contribution in [0.4, 0.5) is 0 Å². The molecule has 2 unspecified atom stereocenters. The standard InChI is InChI=1S/C12H24N2O/c1-3-5-10-7-8-14(9-10)12(15)11(13)6-4-2/h10-11H,3-9,13H2,1-2H3. The third kappa shape index (κ3) is 3.49. The van der Waals surface area contributed by atoms with Crippen molar-refractivity contribution in [3.8, 4) is 0 Å². The molecule has 15 heavy (non-hydrogen) atoms. The molecule has 1 fully saturated rings. The van der Waals surface area contributed by atoms with Crippen LogP contribution >= 0.6 is 0 Å². The molecule has 1 aliphatic rings. The molecule has 0 aromatic rings. The molecule has 1 amide bonds. The lowest BCUT2D eigenvalue weighted by Gasteiger charge is -2.20. The number of amides is 1. The van der Waals surface area contributed by atoms with Gasteiger partial charge in [-0.15, -0.1) is 0 Å². The minimum Gasteiger partial charge on any atom is -0.341 e. The zero-order chi connectivity index (χ0) is 11.3. The van der Waals surface area contributed by atoms with Gasteiger partial charge in [0.2, 0.25) is 5.91 Å². The van der Waals surface area contributed by atoms with Crippen molar-refractivity contribution >= 4 is 5.91 Å². The van der Waals surface area contributed by atoms with Crippen molar-refractivity contribution in [3.05, 3.63) is 0 Å². The Morgan fingerprint density at radius 2 is 2.20 bits per heavy atom. The molecule has 2 atom stereocenters. The van der Waals surface area contributed by atoms with E-state index < -0.39 is 0 Å². The van der Waals surface area contributed by atoms with Crippen LogP contribution in [0, 0.1) is 5.92 Å². The van der Waals surface area contributed by atoms with Crippen molar-refractivity contribution in [2.45, 2.75) is 52.0 Å². The lowest BCUT2D eigenvalue weighted by Crippen LogP contribution is -2.42. The van der Waals surface area contributed by atoms with E-state index in [2.05, 4.69) is 13.8 Å². The Bertz CT molecular complexity index is 206. The topological polar surface area (TPSA) is 46.3 Å². The van der Waals surface area contributed by atoms with E-state index in [9.17, 15) is 4.79 Å². The van der Waals surface area contributed by atoms with Gasteiger partial charge in [0.05, 0.1) is 6.04 Å². The first-order valence-electron chi connectivity index (χ1n) is 6.23. The SMILES string of the molecule is CCCC1CCN(C(=O)C(N)CCC)C1. The Morgan fingerprint density at radius 1 is 1.47 bits per heavy atom. The maximum absolute atomic E-state index is 11.9. The molecule has 0 aromatic carbocycles. The van der Waals surface area contributed by atoms with Gasteiger partial charge in [-0.2, -0.15) is 0 Å². The Kier molecular flexibility index (Phi) is 5.09. The smallest absolute Gasteiger partial charge is 0.239 e. The second-order valence-electron chi connectivity index (χ2n) is 4.62. The fraction of sp³-hybridized carbons (Fsp3) is 0.917. The van der Waals surface area contributed by atoms with Crippen LogP contribution in [-0.4, -0.2) is 29.9 Å². The molecule has 3 heteroatoms. The van der Waals surface area contributed by atoms with Crippen molar-refractivity contribution in [2.75, 3.05) is 13.1 Å². The van der Waals surface area contributed by atoms with E-state index in [1.54, 1.807) is 0 Å². The van der Waals surface area contributed by atoms with Crippen molar-refractivity contribution in [3.63, 3.8) is 0 Å². The van der Waals surface area contributed by atoms with Crippen molar-refractivity contribution < 1.29 is 4.79 Å². The minimum atomic E-state index is -0.268. The summed E-state index contributed by atoms with van der Waals surface area (Å²) in [7, 11) is 0. The number of carbonyl (C=O) groups is 1. The second-order valence-corrected chi connectivity index (χ2v) is 4.62. The summed E-state index contributed by atoms with van der Waals surface area (Å²) in [5.41, 5.74) is 5.84. The number of hydrogen-bond acceptors (Lipinski definition) is 2. The lowest BCUT2D eigenvalue weighted by molar-refractivity contribution is -0.131. The van der Waals surface area contributed by atoms with E-state index in [0.717, 1.165) is 25.9 Å². The van der Waals surface area contributed by atoms with E-state index in [1.807, 2.05) is 4.90 Å². The van der Waals surface area contributed by atoms with Gasteiger partial charge in [0.15, 0.2) is 0 Å². The molecule has 1 saturated heterocycles. The van der Waals surface area contributed by atoms with Crippen LogP contribution in [0.1, 0.15) is 46.0 Å². The number of nitrogens with zero attached hydrogens (tertiary/aromatic N) is 1. The number of nitrogens with two attached hydrogens (primary N) is 1. The fourth-order valence-corrected chi connectivity index (χ4v) is 2.35. The molecule has 1 rings (SSSR count). The third-order valence-electron chi connectivity index (χ3n) is 3.21. The lowest BCUT2D eigenvalue weighted by atomic mass is 10.0. The van der Waals surface area contributed by atoms with Crippen LogP contribution in [-0.2, 0) is 4.79 Å². The van der Waals surface area contributed by atoms with E-state index in [4.69, 9.17) is 5.73 Å². The summed E-state index contributed by atoms with van der Waals surface area (Å²) in [6.07, 6.45) is 5.42. The molecule has 0 aliphatic carbocycles. The average molecular weight is 212 g/mol. The maximum atomic E-state index is 11.9. The highest BCUT2D eigenvalue weighted by Crippen LogP contribution is 2.21. The monoisotopic (exact) mass is 212 g/mol. The van der Waals surface area contributed by atoms with E-state index >= 15 is 0 Å². The molecular weight excluding hydrogens is 188 g/mol.